The van der Waals surface area contributed by atoms with E-state index >= 15 is 0 Å². The molecule has 0 heterocycles. The summed E-state index contributed by atoms with van der Waals surface area (Å²) in [5.41, 5.74) is -1.28. The van der Waals surface area contributed by atoms with E-state index in [0.717, 1.165) is 37.8 Å². The fourth-order valence-electron chi connectivity index (χ4n) is 5.23. The molecule has 0 aromatic heterocycles. The molecule has 1 aliphatic rings. The second-order valence-corrected chi connectivity index (χ2v) is 13.8. The van der Waals surface area contributed by atoms with E-state index in [0.29, 0.717) is 21.0 Å². The molecule has 1 atom stereocenters. The van der Waals surface area contributed by atoms with Crippen LogP contribution in [0.1, 0.15) is 50.2 Å². The summed E-state index contributed by atoms with van der Waals surface area (Å²) in [6.45, 7) is 0.530. The lowest BCUT2D eigenvalue weighted by Gasteiger charge is -2.34. The van der Waals surface area contributed by atoms with Gasteiger partial charge in [0.15, 0.2) is 0 Å². The second kappa shape index (κ2) is 14.6. The zero-order valence-corrected chi connectivity index (χ0v) is 27.2. The van der Waals surface area contributed by atoms with E-state index in [9.17, 15) is 31.2 Å². The SMILES string of the molecule is CCC(C(=O)NC1CCCC1)N(Cc1ccc(Cl)cc1Cl)C(=O)CN(c1cc(C(F)(F)F)ccc1Cl)S(=O)(=O)c1ccccc1. The number of carbonyl (C=O) groups excluding carboxylic acids is 2. The molecule has 3 aromatic carbocycles. The first-order valence-corrected chi connectivity index (χ1v) is 16.8. The fourth-order valence-corrected chi connectivity index (χ4v) is 7.42. The molecule has 1 aliphatic carbocycles. The molecule has 4 rings (SSSR count). The van der Waals surface area contributed by atoms with Gasteiger partial charge < -0.3 is 10.2 Å². The van der Waals surface area contributed by atoms with Crippen molar-refractivity contribution in [3.63, 3.8) is 0 Å². The third kappa shape index (κ3) is 8.44. The zero-order valence-electron chi connectivity index (χ0n) is 24.2. The Morgan fingerprint density at radius 3 is 2.22 bits per heavy atom. The van der Waals surface area contributed by atoms with Gasteiger partial charge in [0.25, 0.3) is 10.0 Å². The highest BCUT2D eigenvalue weighted by Gasteiger charge is 2.37. The first-order valence-electron chi connectivity index (χ1n) is 14.2. The van der Waals surface area contributed by atoms with Gasteiger partial charge in [-0.05, 0) is 67.3 Å². The van der Waals surface area contributed by atoms with Gasteiger partial charge in [0.1, 0.15) is 12.6 Å². The average Bonchev–Trinajstić information content (AvgIpc) is 3.50. The molecule has 1 N–H and O–H groups in total. The van der Waals surface area contributed by atoms with Crippen LogP contribution in [-0.4, -0.2) is 43.8 Å². The number of sulfonamides is 1. The molecule has 14 heteroatoms. The van der Waals surface area contributed by atoms with Gasteiger partial charge in [-0.25, -0.2) is 8.42 Å². The molecule has 7 nitrogen and oxygen atoms in total. The number of nitrogens with one attached hydrogen (secondary N) is 1. The Morgan fingerprint density at radius 1 is 0.956 bits per heavy atom. The van der Waals surface area contributed by atoms with Crippen LogP contribution in [0.3, 0.4) is 0 Å². The fraction of sp³-hybridized carbons (Fsp3) is 0.355. The van der Waals surface area contributed by atoms with Crippen molar-refractivity contribution in [1.82, 2.24) is 10.2 Å². The summed E-state index contributed by atoms with van der Waals surface area (Å²) < 4.78 is 69.7. The maximum absolute atomic E-state index is 14.2. The van der Waals surface area contributed by atoms with Crippen molar-refractivity contribution in [2.75, 3.05) is 10.8 Å². The second-order valence-electron chi connectivity index (χ2n) is 10.7. The molecule has 3 aromatic rings. The van der Waals surface area contributed by atoms with Crippen LogP contribution in [0.15, 0.2) is 71.6 Å². The topological polar surface area (TPSA) is 86.8 Å². The van der Waals surface area contributed by atoms with Crippen LogP contribution in [0.4, 0.5) is 18.9 Å². The molecule has 0 saturated heterocycles. The van der Waals surface area contributed by atoms with E-state index in [1.54, 1.807) is 25.1 Å². The molecule has 242 valence electrons. The first kappa shape index (κ1) is 34.9. The van der Waals surface area contributed by atoms with Crippen LogP contribution in [0.25, 0.3) is 0 Å². The minimum Gasteiger partial charge on any atom is -0.352 e. The van der Waals surface area contributed by atoms with Crippen molar-refractivity contribution in [2.24, 2.45) is 0 Å². The standard InChI is InChI=1S/C31H31Cl3F3N3O4S/c1-2-27(30(42)38-23-8-6-7-9-23)39(18-20-12-14-22(32)17-26(20)34)29(41)19-40(45(43,44)24-10-4-3-5-11-24)28-16-21(31(35,36)37)13-15-25(28)33/h3-5,10-17,23,27H,2,6-9,18-19H2,1H3,(H,38,42). The van der Waals surface area contributed by atoms with Crippen LogP contribution < -0.4 is 9.62 Å². The summed E-state index contributed by atoms with van der Waals surface area (Å²) >= 11 is 18.8. The molecule has 45 heavy (non-hydrogen) atoms. The van der Waals surface area contributed by atoms with E-state index in [2.05, 4.69) is 5.32 Å². The quantitative estimate of drug-likeness (QED) is 0.222. The van der Waals surface area contributed by atoms with Gasteiger partial charge in [-0.15, -0.1) is 0 Å². The minimum absolute atomic E-state index is 0.0681. The number of hydrogen-bond acceptors (Lipinski definition) is 4. The van der Waals surface area contributed by atoms with E-state index in [4.69, 9.17) is 34.8 Å². The van der Waals surface area contributed by atoms with Crippen molar-refractivity contribution in [3.05, 3.63) is 92.9 Å². The predicted molar refractivity (Wildman–Crippen MR) is 169 cm³/mol. The van der Waals surface area contributed by atoms with Gasteiger partial charge in [0, 0.05) is 22.6 Å². The van der Waals surface area contributed by atoms with Crippen LogP contribution in [0.5, 0.6) is 0 Å². The molecule has 0 radical (unpaired) electrons. The molecule has 1 saturated carbocycles. The number of alkyl halides is 3. The van der Waals surface area contributed by atoms with Crippen LogP contribution in [0.2, 0.25) is 15.1 Å². The molecule has 0 spiro atoms. The van der Waals surface area contributed by atoms with Crippen molar-refractivity contribution in [3.8, 4) is 0 Å². The number of carbonyl (C=O) groups is 2. The van der Waals surface area contributed by atoms with E-state index in [1.165, 1.54) is 35.2 Å². The number of halogens is 6. The number of benzene rings is 3. The first-order chi connectivity index (χ1) is 21.2. The van der Waals surface area contributed by atoms with E-state index < -0.39 is 51.9 Å². The summed E-state index contributed by atoms with van der Waals surface area (Å²) in [6, 6.07) is 12.7. The Kier molecular flexibility index (Phi) is 11.3. The Balaban J connectivity index is 1.80. The lowest BCUT2D eigenvalue weighted by Crippen LogP contribution is -2.53. The minimum atomic E-state index is -4.82. The number of amides is 2. The maximum atomic E-state index is 14.2. The number of hydrogen-bond donors (Lipinski definition) is 1. The van der Waals surface area contributed by atoms with Crippen molar-refractivity contribution in [2.45, 2.75) is 68.7 Å². The van der Waals surface area contributed by atoms with E-state index in [-0.39, 0.29) is 33.9 Å². The molecule has 0 bridgehead atoms. The van der Waals surface area contributed by atoms with Crippen molar-refractivity contribution < 1.29 is 31.2 Å². The molecular weight excluding hydrogens is 674 g/mol. The summed E-state index contributed by atoms with van der Waals surface area (Å²) in [5, 5.41) is 3.21. The van der Waals surface area contributed by atoms with Crippen LogP contribution >= 0.6 is 34.8 Å². The molecule has 1 unspecified atom stereocenters. The van der Waals surface area contributed by atoms with Crippen molar-refractivity contribution in [1.29, 1.82) is 0 Å². The zero-order chi connectivity index (χ0) is 32.9. The summed E-state index contributed by atoms with van der Waals surface area (Å²) in [4.78, 5) is 28.7. The van der Waals surface area contributed by atoms with E-state index in [1.807, 2.05) is 0 Å². The predicted octanol–water partition coefficient (Wildman–Crippen LogP) is 7.73. The van der Waals surface area contributed by atoms with Gasteiger partial charge in [0.2, 0.25) is 11.8 Å². The van der Waals surface area contributed by atoms with Gasteiger partial charge >= 0.3 is 6.18 Å². The third-order valence-electron chi connectivity index (χ3n) is 7.60. The van der Waals surface area contributed by atoms with Gasteiger partial charge in [-0.1, -0.05) is 78.8 Å². The molecule has 1 fully saturated rings. The molecule has 2 amide bonds. The normalized spacial score (nSPS) is 14.6. The Morgan fingerprint density at radius 2 is 1.62 bits per heavy atom. The third-order valence-corrected chi connectivity index (χ3v) is 10.3. The number of nitrogens with zero attached hydrogens (tertiary/aromatic N) is 2. The van der Waals surface area contributed by atoms with Gasteiger partial charge in [0.05, 0.1) is 21.2 Å². The van der Waals surface area contributed by atoms with Gasteiger partial charge in [-0.2, -0.15) is 13.2 Å². The van der Waals surface area contributed by atoms with Gasteiger partial charge in [-0.3, -0.25) is 13.9 Å². The van der Waals surface area contributed by atoms with Crippen molar-refractivity contribution >= 4 is 62.3 Å². The average molecular weight is 705 g/mol. The molecule has 0 aliphatic heterocycles. The lowest BCUT2D eigenvalue weighted by atomic mass is 10.1. The Bertz CT molecular complexity index is 1640. The summed E-state index contributed by atoms with van der Waals surface area (Å²) in [7, 11) is -4.64. The smallest absolute Gasteiger partial charge is 0.352 e. The number of anilines is 1. The van der Waals surface area contributed by atoms with Crippen LogP contribution in [0, 0.1) is 0 Å². The summed E-state index contributed by atoms with van der Waals surface area (Å²) in [6.07, 6.45) is -1.18. The molecular formula is C31H31Cl3F3N3O4S. The number of rotatable bonds is 11. The Labute approximate surface area is 275 Å². The Hall–Kier alpha value is -2.99. The monoisotopic (exact) mass is 703 g/mol. The highest BCUT2D eigenvalue weighted by Crippen LogP contribution is 2.37. The highest BCUT2D eigenvalue weighted by atomic mass is 35.5. The summed E-state index contributed by atoms with van der Waals surface area (Å²) in [5.74, 6) is -1.29. The van der Waals surface area contributed by atoms with Crippen LogP contribution in [-0.2, 0) is 32.3 Å². The lowest BCUT2D eigenvalue weighted by molar-refractivity contribution is -0.140. The maximum Gasteiger partial charge on any atom is 0.416 e. The largest absolute Gasteiger partial charge is 0.416 e. The highest BCUT2D eigenvalue weighted by molar-refractivity contribution is 7.92.